The Bertz CT molecular complexity index is 765. The third-order valence-corrected chi connectivity index (χ3v) is 5.62. The molecule has 4 rings (SSSR count). The average molecular weight is 320 g/mol. The van der Waals surface area contributed by atoms with Gasteiger partial charge in [0.25, 0.3) is 0 Å². The SMILES string of the molecule is COc1ccc(C2=CC3(CCCCC3)c3cc(OC)ccc32)cc1. The van der Waals surface area contributed by atoms with Gasteiger partial charge in [-0.1, -0.05) is 43.5 Å². The highest BCUT2D eigenvalue weighted by atomic mass is 16.5. The van der Waals surface area contributed by atoms with Crippen LogP contribution in [0.4, 0.5) is 0 Å². The molecule has 2 aromatic rings. The van der Waals surface area contributed by atoms with E-state index in [0.29, 0.717) is 0 Å². The lowest BCUT2D eigenvalue weighted by atomic mass is 9.71. The van der Waals surface area contributed by atoms with Gasteiger partial charge in [-0.15, -0.1) is 0 Å². The summed E-state index contributed by atoms with van der Waals surface area (Å²) in [4.78, 5) is 0. The maximum atomic E-state index is 5.50. The van der Waals surface area contributed by atoms with E-state index in [4.69, 9.17) is 9.47 Å². The third kappa shape index (κ3) is 2.41. The van der Waals surface area contributed by atoms with Crippen molar-refractivity contribution in [3.05, 3.63) is 65.2 Å². The normalized spacial score (nSPS) is 18.2. The molecular formula is C22H24O2. The van der Waals surface area contributed by atoms with Gasteiger partial charge in [-0.05, 0) is 59.4 Å². The Balaban J connectivity index is 1.83. The molecule has 2 aliphatic rings. The van der Waals surface area contributed by atoms with Crippen molar-refractivity contribution in [1.29, 1.82) is 0 Å². The van der Waals surface area contributed by atoms with Crippen molar-refractivity contribution < 1.29 is 9.47 Å². The van der Waals surface area contributed by atoms with E-state index < -0.39 is 0 Å². The van der Waals surface area contributed by atoms with Crippen molar-refractivity contribution >= 4 is 5.57 Å². The second kappa shape index (κ2) is 6.01. The van der Waals surface area contributed by atoms with Gasteiger partial charge in [-0.2, -0.15) is 0 Å². The monoisotopic (exact) mass is 320 g/mol. The van der Waals surface area contributed by atoms with Crippen LogP contribution in [0.25, 0.3) is 5.57 Å². The maximum Gasteiger partial charge on any atom is 0.119 e. The topological polar surface area (TPSA) is 18.5 Å². The van der Waals surface area contributed by atoms with Gasteiger partial charge < -0.3 is 9.47 Å². The van der Waals surface area contributed by atoms with Crippen LogP contribution < -0.4 is 9.47 Å². The van der Waals surface area contributed by atoms with Crippen LogP contribution in [-0.4, -0.2) is 14.2 Å². The highest BCUT2D eigenvalue weighted by Crippen LogP contribution is 2.51. The van der Waals surface area contributed by atoms with Crippen LogP contribution in [0.3, 0.4) is 0 Å². The molecule has 0 atom stereocenters. The highest BCUT2D eigenvalue weighted by molar-refractivity contribution is 5.87. The summed E-state index contributed by atoms with van der Waals surface area (Å²) in [6.45, 7) is 0. The Morgan fingerprint density at radius 2 is 1.46 bits per heavy atom. The number of rotatable bonds is 3. The summed E-state index contributed by atoms with van der Waals surface area (Å²) >= 11 is 0. The van der Waals surface area contributed by atoms with Crippen LogP contribution in [0.5, 0.6) is 11.5 Å². The van der Waals surface area contributed by atoms with E-state index in [0.717, 1.165) is 11.5 Å². The molecule has 1 saturated carbocycles. The molecule has 0 N–H and O–H groups in total. The summed E-state index contributed by atoms with van der Waals surface area (Å²) in [5.41, 5.74) is 5.63. The smallest absolute Gasteiger partial charge is 0.119 e. The van der Waals surface area contributed by atoms with Gasteiger partial charge in [0.15, 0.2) is 0 Å². The number of fused-ring (bicyclic) bond motifs is 2. The van der Waals surface area contributed by atoms with E-state index in [1.54, 1.807) is 14.2 Å². The number of allylic oxidation sites excluding steroid dienone is 1. The second-order valence-electron chi connectivity index (χ2n) is 6.91. The molecule has 24 heavy (non-hydrogen) atoms. The molecule has 0 amide bonds. The fourth-order valence-corrected chi connectivity index (χ4v) is 4.33. The first kappa shape index (κ1) is 15.3. The van der Waals surface area contributed by atoms with Crippen LogP contribution in [0.1, 0.15) is 48.8 Å². The first-order valence-electron chi connectivity index (χ1n) is 8.82. The minimum atomic E-state index is 0.192. The van der Waals surface area contributed by atoms with Crippen molar-refractivity contribution in [1.82, 2.24) is 0 Å². The van der Waals surface area contributed by atoms with E-state index in [-0.39, 0.29) is 5.41 Å². The first-order chi connectivity index (χ1) is 11.8. The summed E-state index contributed by atoms with van der Waals surface area (Å²) in [6, 6.07) is 15.0. The van der Waals surface area contributed by atoms with Crippen molar-refractivity contribution in [2.24, 2.45) is 0 Å². The van der Waals surface area contributed by atoms with Gasteiger partial charge in [0, 0.05) is 5.41 Å². The van der Waals surface area contributed by atoms with Crippen LogP contribution in [0.15, 0.2) is 48.5 Å². The molecule has 2 nitrogen and oxygen atoms in total. The van der Waals surface area contributed by atoms with Crippen molar-refractivity contribution in [2.75, 3.05) is 14.2 Å². The zero-order valence-electron chi connectivity index (χ0n) is 14.5. The van der Waals surface area contributed by atoms with Crippen molar-refractivity contribution in [3.8, 4) is 11.5 Å². The predicted octanol–water partition coefficient (Wildman–Crippen LogP) is 5.35. The van der Waals surface area contributed by atoms with Crippen LogP contribution >= 0.6 is 0 Å². The first-order valence-corrected chi connectivity index (χ1v) is 8.82. The Hall–Kier alpha value is -2.22. The van der Waals surface area contributed by atoms with E-state index in [1.807, 2.05) is 12.1 Å². The van der Waals surface area contributed by atoms with Gasteiger partial charge in [-0.3, -0.25) is 0 Å². The Kier molecular flexibility index (Phi) is 3.84. The van der Waals surface area contributed by atoms with Crippen molar-refractivity contribution in [2.45, 2.75) is 37.5 Å². The number of methoxy groups -OCH3 is 2. The van der Waals surface area contributed by atoms with Gasteiger partial charge in [0.2, 0.25) is 0 Å². The maximum absolute atomic E-state index is 5.50. The van der Waals surface area contributed by atoms with Crippen molar-refractivity contribution in [3.63, 3.8) is 0 Å². The molecule has 0 radical (unpaired) electrons. The number of hydrogen-bond donors (Lipinski definition) is 0. The van der Waals surface area contributed by atoms with E-state index >= 15 is 0 Å². The number of ether oxygens (including phenoxy) is 2. The predicted molar refractivity (Wildman–Crippen MR) is 97.8 cm³/mol. The molecule has 1 spiro atoms. The van der Waals surface area contributed by atoms with Crippen LogP contribution in [0, 0.1) is 0 Å². The quantitative estimate of drug-likeness (QED) is 0.759. The minimum absolute atomic E-state index is 0.192. The zero-order valence-corrected chi connectivity index (χ0v) is 14.5. The summed E-state index contributed by atoms with van der Waals surface area (Å²) in [5, 5.41) is 0. The van der Waals surface area contributed by atoms with Crippen LogP contribution in [0.2, 0.25) is 0 Å². The lowest BCUT2D eigenvalue weighted by molar-refractivity contribution is 0.358. The fourth-order valence-electron chi connectivity index (χ4n) is 4.33. The zero-order chi connectivity index (χ0) is 16.6. The van der Waals surface area contributed by atoms with Gasteiger partial charge in [0.1, 0.15) is 11.5 Å². The van der Waals surface area contributed by atoms with E-state index in [1.165, 1.54) is 54.4 Å². The Morgan fingerprint density at radius 3 is 2.12 bits per heavy atom. The second-order valence-corrected chi connectivity index (χ2v) is 6.91. The number of hydrogen-bond acceptors (Lipinski definition) is 2. The molecule has 124 valence electrons. The summed E-state index contributed by atoms with van der Waals surface area (Å²) in [7, 11) is 3.46. The standard InChI is InChI=1S/C22H24O2/c1-23-17-8-6-16(7-9-17)20-15-22(12-4-3-5-13-22)21-14-18(24-2)10-11-19(20)21/h6-11,14-15H,3-5,12-13H2,1-2H3. The minimum Gasteiger partial charge on any atom is -0.497 e. The summed E-state index contributed by atoms with van der Waals surface area (Å²) in [5.74, 6) is 1.86. The largest absolute Gasteiger partial charge is 0.497 e. The molecule has 0 bridgehead atoms. The van der Waals surface area contributed by atoms with Gasteiger partial charge in [-0.25, -0.2) is 0 Å². The molecule has 2 aromatic carbocycles. The molecule has 0 aromatic heterocycles. The van der Waals surface area contributed by atoms with E-state index in [9.17, 15) is 0 Å². The molecule has 0 unspecified atom stereocenters. The Morgan fingerprint density at radius 1 is 0.792 bits per heavy atom. The Labute approximate surface area is 144 Å². The lowest BCUT2D eigenvalue weighted by Crippen LogP contribution is -2.24. The van der Waals surface area contributed by atoms with E-state index in [2.05, 4.69) is 36.4 Å². The molecule has 0 heterocycles. The summed E-state index contributed by atoms with van der Waals surface area (Å²) in [6.07, 6.45) is 8.98. The van der Waals surface area contributed by atoms with Crippen LogP contribution in [-0.2, 0) is 5.41 Å². The third-order valence-electron chi connectivity index (χ3n) is 5.62. The highest BCUT2D eigenvalue weighted by Gasteiger charge is 2.39. The fraction of sp³-hybridized carbons (Fsp3) is 0.364. The molecule has 2 aliphatic carbocycles. The van der Waals surface area contributed by atoms with Gasteiger partial charge in [0.05, 0.1) is 14.2 Å². The summed E-state index contributed by atoms with van der Waals surface area (Å²) < 4.78 is 10.8. The number of benzene rings is 2. The molecule has 2 heteroatoms. The molecule has 0 saturated heterocycles. The molecule has 0 aliphatic heterocycles. The lowest BCUT2D eigenvalue weighted by Gasteiger charge is -2.33. The molecular weight excluding hydrogens is 296 g/mol. The average Bonchev–Trinajstić information content (AvgIpc) is 2.96. The van der Waals surface area contributed by atoms with Gasteiger partial charge >= 0.3 is 0 Å². The molecule has 1 fully saturated rings.